The molecule has 106 valence electrons. The molecule has 0 bridgehead atoms. The van der Waals surface area contributed by atoms with Gasteiger partial charge in [-0.3, -0.25) is 0 Å². The average Bonchev–Trinajstić information content (AvgIpc) is 3.20. The Balaban J connectivity index is 2.01. The largest absolute Gasteiger partial charge is 0.507 e. The molecule has 0 spiro atoms. The number of hydrogen-bond donors (Lipinski definition) is 1. The molecule has 0 amide bonds. The number of aromatic hydroxyl groups is 1. The van der Waals surface area contributed by atoms with Gasteiger partial charge in [0.2, 0.25) is 0 Å². The van der Waals surface area contributed by atoms with Crippen molar-refractivity contribution in [1.29, 1.82) is 0 Å². The quantitative estimate of drug-likeness (QED) is 0.756. The number of rotatable bonds is 2. The van der Waals surface area contributed by atoms with Crippen molar-refractivity contribution in [1.82, 2.24) is 9.55 Å². The molecule has 0 atom stereocenters. The van der Waals surface area contributed by atoms with Crippen LogP contribution < -0.4 is 0 Å². The zero-order valence-electron chi connectivity index (χ0n) is 12.3. The molecular weight excluding hydrogens is 260 g/mol. The van der Waals surface area contributed by atoms with Gasteiger partial charge in [0.05, 0.1) is 16.6 Å². The van der Waals surface area contributed by atoms with Gasteiger partial charge in [-0.1, -0.05) is 12.1 Å². The molecule has 0 unspecified atom stereocenters. The van der Waals surface area contributed by atoms with Crippen LogP contribution in [0.4, 0.5) is 0 Å². The lowest BCUT2D eigenvalue weighted by Crippen LogP contribution is -1.97. The predicted molar refractivity (Wildman–Crippen MR) is 84.6 cm³/mol. The van der Waals surface area contributed by atoms with Crippen LogP contribution in [0.2, 0.25) is 0 Å². The van der Waals surface area contributed by atoms with E-state index < -0.39 is 0 Å². The summed E-state index contributed by atoms with van der Waals surface area (Å²) in [6.45, 7) is 4.06. The van der Waals surface area contributed by atoms with Crippen LogP contribution in [0, 0.1) is 13.8 Å². The summed E-state index contributed by atoms with van der Waals surface area (Å²) in [5.74, 6) is 1.19. The lowest BCUT2D eigenvalue weighted by molar-refractivity contribution is 0.476. The number of benzene rings is 2. The number of aromatic nitrogens is 2. The third-order valence-electron chi connectivity index (χ3n) is 4.15. The maximum absolute atomic E-state index is 10.3. The fraction of sp³-hybridized carbons (Fsp3) is 0.278. The van der Waals surface area contributed by atoms with Gasteiger partial charge < -0.3 is 9.67 Å². The number of phenols is 1. The van der Waals surface area contributed by atoms with Crippen LogP contribution in [-0.4, -0.2) is 14.7 Å². The molecule has 2 aromatic carbocycles. The number of fused-ring (bicyclic) bond motifs is 1. The molecule has 3 aromatic rings. The lowest BCUT2D eigenvalue weighted by Gasteiger charge is -2.09. The Morgan fingerprint density at radius 2 is 1.76 bits per heavy atom. The molecule has 3 heteroatoms. The zero-order valence-corrected chi connectivity index (χ0v) is 12.3. The van der Waals surface area contributed by atoms with E-state index in [2.05, 4.69) is 29.7 Å². The first-order valence-corrected chi connectivity index (χ1v) is 7.42. The van der Waals surface area contributed by atoms with Gasteiger partial charge in [0.25, 0.3) is 0 Å². The van der Waals surface area contributed by atoms with Crippen LogP contribution in [0.25, 0.3) is 22.4 Å². The minimum absolute atomic E-state index is 0.309. The molecule has 0 aliphatic heterocycles. The first-order chi connectivity index (χ1) is 10.1. The van der Waals surface area contributed by atoms with Crippen LogP contribution in [0.5, 0.6) is 5.75 Å². The van der Waals surface area contributed by atoms with Gasteiger partial charge in [0.1, 0.15) is 11.6 Å². The second-order valence-electron chi connectivity index (χ2n) is 6.05. The van der Waals surface area contributed by atoms with Gasteiger partial charge in [0, 0.05) is 6.04 Å². The van der Waals surface area contributed by atoms with E-state index in [1.165, 1.54) is 18.4 Å². The first kappa shape index (κ1) is 12.5. The fourth-order valence-corrected chi connectivity index (χ4v) is 2.93. The highest BCUT2D eigenvalue weighted by Crippen LogP contribution is 2.42. The van der Waals surface area contributed by atoms with Gasteiger partial charge in [-0.25, -0.2) is 4.98 Å². The second kappa shape index (κ2) is 4.35. The van der Waals surface area contributed by atoms with Crippen LogP contribution in [0.3, 0.4) is 0 Å². The smallest absolute Gasteiger partial charge is 0.145 e. The number of imidazole rings is 1. The number of aryl methyl sites for hydroxylation is 2. The van der Waals surface area contributed by atoms with E-state index in [1.54, 1.807) is 6.07 Å². The van der Waals surface area contributed by atoms with Gasteiger partial charge in [-0.2, -0.15) is 0 Å². The molecule has 0 radical (unpaired) electrons. The molecule has 1 aliphatic carbocycles. The fourth-order valence-electron chi connectivity index (χ4n) is 2.93. The van der Waals surface area contributed by atoms with E-state index in [1.807, 2.05) is 19.1 Å². The topological polar surface area (TPSA) is 38.0 Å². The number of hydrogen-bond acceptors (Lipinski definition) is 2. The number of phenolic OH excluding ortho intramolecular Hbond substituents is 1. The molecule has 1 aromatic heterocycles. The SMILES string of the molecule is Cc1ccc(-c2nc3cc(C)ccc3n2C2CC2)c(O)c1. The van der Waals surface area contributed by atoms with Crippen molar-refractivity contribution in [3.8, 4) is 17.1 Å². The molecule has 1 saturated carbocycles. The summed E-state index contributed by atoms with van der Waals surface area (Å²) in [4.78, 5) is 4.80. The summed E-state index contributed by atoms with van der Waals surface area (Å²) in [5.41, 5.74) is 5.26. The highest BCUT2D eigenvalue weighted by atomic mass is 16.3. The van der Waals surface area contributed by atoms with Crippen molar-refractivity contribution in [2.75, 3.05) is 0 Å². The van der Waals surface area contributed by atoms with Crippen LogP contribution in [0.15, 0.2) is 36.4 Å². The summed E-state index contributed by atoms with van der Waals surface area (Å²) in [6, 6.07) is 12.7. The molecule has 4 rings (SSSR count). The Hall–Kier alpha value is -2.29. The van der Waals surface area contributed by atoms with Crippen LogP contribution in [-0.2, 0) is 0 Å². The summed E-state index contributed by atoms with van der Waals surface area (Å²) in [5, 5.41) is 10.3. The van der Waals surface area contributed by atoms with Gasteiger partial charge in [-0.15, -0.1) is 0 Å². The first-order valence-electron chi connectivity index (χ1n) is 7.42. The van der Waals surface area contributed by atoms with Gasteiger partial charge in [0.15, 0.2) is 0 Å². The molecule has 0 saturated heterocycles. The standard InChI is InChI=1S/C18H18N2O/c1-11-4-8-16-15(9-11)19-18(20(16)13-5-6-13)14-7-3-12(2)10-17(14)21/h3-4,7-10,13,21H,5-6H2,1-2H3. The summed E-state index contributed by atoms with van der Waals surface area (Å²) >= 11 is 0. The van der Waals surface area contributed by atoms with Gasteiger partial charge >= 0.3 is 0 Å². The van der Waals surface area contributed by atoms with Crippen LogP contribution >= 0.6 is 0 Å². The van der Waals surface area contributed by atoms with E-state index in [9.17, 15) is 5.11 Å². The summed E-state index contributed by atoms with van der Waals surface area (Å²) in [7, 11) is 0. The molecule has 1 fully saturated rings. The highest BCUT2D eigenvalue weighted by Gasteiger charge is 2.29. The van der Waals surface area contributed by atoms with E-state index in [4.69, 9.17) is 4.98 Å². The molecule has 1 heterocycles. The minimum Gasteiger partial charge on any atom is -0.507 e. The Kier molecular flexibility index (Phi) is 2.58. The zero-order chi connectivity index (χ0) is 14.6. The van der Waals surface area contributed by atoms with Crippen LogP contribution in [0.1, 0.15) is 30.0 Å². The normalized spacial score (nSPS) is 14.8. The molecule has 1 aliphatic rings. The maximum atomic E-state index is 10.3. The maximum Gasteiger partial charge on any atom is 0.145 e. The second-order valence-corrected chi connectivity index (χ2v) is 6.05. The Bertz CT molecular complexity index is 844. The Labute approximate surface area is 123 Å². The molecule has 1 N–H and O–H groups in total. The predicted octanol–water partition coefficient (Wildman–Crippen LogP) is 4.36. The summed E-state index contributed by atoms with van der Waals surface area (Å²) < 4.78 is 2.29. The van der Waals surface area contributed by atoms with Crippen molar-refractivity contribution in [3.05, 3.63) is 47.5 Å². The molecular formula is C18H18N2O. The minimum atomic E-state index is 0.309. The Morgan fingerprint density at radius 1 is 1.05 bits per heavy atom. The van der Waals surface area contributed by atoms with Crippen molar-refractivity contribution in [3.63, 3.8) is 0 Å². The van der Waals surface area contributed by atoms with Crippen molar-refractivity contribution >= 4 is 11.0 Å². The monoisotopic (exact) mass is 278 g/mol. The molecule has 21 heavy (non-hydrogen) atoms. The van der Waals surface area contributed by atoms with E-state index >= 15 is 0 Å². The van der Waals surface area contributed by atoms with Crippen molar-refractivity contribution in [2.24, 2.45) is 0 Å². The average molecular weight is 278 g/mol. The van der Waals surface area contributed by atoms with Crippen molar-refractivity contribution in [2.45, 2.75) is 32.7 Å². The van der Waals surface area contributed by atoms with E-state index in [-0.39, 0.29) is 0 Å². The lowest BCUT2D eigenvalue weighted by atomic mass is 10.1. The van der Waals surface area contributed by atoms with E-state index in [0.717, 1.165) is 28.0 Å². The summed E-state index contributed by atoms with van der Waals surface area (Å²) in [6.07, 6.45) is 2.39. The number of nitrogens with zero attached hydrogens (tertiary/aromatic N) is 2. The highest BCUT2D eigenvalue weighted by molar-refractivity contribution is 5.83. The Morgan fingerprint density at radius 3 is 2.48 bits per heavy atom. The molecule has 3 nitrogen and oxygen atoms in total. The van der Waals surface area contributed by atoms with Gasteiger partial charge in [-0.05, 0) is 62.1 Å². The third kappa shape index (κ3) is 2.00. The van der Waals surface area contributed by atoms with Crippen molar-refractivity contribution < 1.29 is 5.11 Å². The van der Waals surface area contributed by atoms with E-state index in [0.29, 0.717) is 11.8 Å². The third-order valence-corrected chi connectivity index (χ3v) is 4.15.